The zero-order chi connectivity index (χ0) is 15.6. The molecule has 0 bridgehead atoms. The smallest absolute Gasteiger partial charge is 0.207 e. The van der Waals surface area contributed by atoms with Crippen LogP contribution in [0, 0.1) is 0 Å². The molecule has 0 amide bonds. The molecule has 0 aliphatic rings. The van der Waals surface area contributed by atoms with Crippen molar-refractivity contribution in [1.82, 2.24) is 30.2 Å². The first kappa shape index (κ1) is 13.3. The van der Waals surface area contributed by atoms with Crippen molar-refractivity contribution in [2.24, 2.45) is 0 Å². The molecule has 0 aliphatic carbocycles. The zero-order valence-corrected chi connectivity index (χ0v) is 12.0. The van der Waals surface area contributed by atoms with Gasteiger partial charge in [-0.2, -0.15) is 15.4 Å². The number of nitrogen functional groups attached to an aromatic ring is 1. The van der Waals surface area contributed by atoms with Crippen LogP contribution in [-0.4, -0.2) is 30.2 Å². The molecule has 8 nitrogen and oxygen atoms in total. The molecule has 3 aromatic heterocycles. The van der Waals surface area contributed by atoms with Gasteiger partial charge in [0, 0.05) is 24.0 Å². The lowest BCUT2D eigenvalue weighted by molar-refractivity contribution is 0.309. The second-order valence-electron chi connectivity index (χ2n) is 4.91. The van der Waals surface area contributed by atoms with Crippen LogP contribution in [0.3, 0.4) is 0 Å². The quantitative estimate of drug-likeness (QED) is 0.594. The normalized spacial score (nSPS) is 11.0. The molecule has 0 aliphatic heterocycles. The van der Waals surface area contributed by atoms with Gasteiger partial charge in [-0.3, -0.25) is 0 Å². The fraction of sp³-hybridized carbons (Fsp3) is 0.0667. The van der Waals surface area contributed by atoms with Crippen LogP contribution in [-0.2, 0) is 6.61 Å². The summed E-state index contributed by atoms with van der Waals surface area (Å²) in [5.41, 5.74) is 8.70. The Kier molecular flexibility index (Phi) is 3.12. The number of hydrogen-bond donors (Lipinski definition) is 2. The van der Waals surface area contributed by atoms with Gasteiger partial charge in [0.25, 0.3) is 0 Å². The Balaban J connectivity index is 1.66. The van der Waals surface area contributed by atoms with Gasteiger partial charge in [-0.1, -0.05) is 18.2 Å². The Morgan fingerprint density at radius 1 is 1.17 bits per heavy atom. The Morgan fingerprint density at radius 3 is 2.96 bits per heavy atom. The van der Waals surface area contributed by atoms with Crippen LogP contribution in [0.5, 0.6) is 5.75 Å². The number of anilines is 1. The second-order valence-corrected chi connectivity index (χ2v) is 4.91. The minimum Gasteiger partial charge on any atom is -0.486 e. The summed E-state index contributed by atoms with van der Waals surface area (Å²) in [6.45, 7) is 0.349. The summed E-state index contributed by atoms with van der Waals surface area (Å²) >= 11 is 0. The summed E-state index contributed by atoms with van der Waals surface area (Å²) in [6, 6.07) is 11.4. The average molecular weight is 307 g/mol. The second kappa shape index (κ2) is 5.41. The van der Waals surface area contributed by atoms with Gasteiger partial charge in [-0.25, -0.2) is 9.67 Å². The van der Waals surface area contributed by atoms with Crippen molar-refractivity contribution in [3.63, 3.8) is 0 Å². The number of para-hydroxylation sites is 1. The molecule has 3 heterocycles. The fourth-order valence-corrected chi connectivity index (χ4v) is 2.36. The summed E-state index contributed by atoms with van der Waals surface area (Å²) < 4.78 is 7.70. The van der Waals surface area contributed by atoms with Crippen LogP contribution in [0.4, 0.5) is 5.82 Å². The molecule has 23 heavy (non-hydrogen) atoms. The number of H-pyrrole nitrogens is 1. The van der Waals surface area contributed by atoms with E-state index in [0.717, 1.165) is 11.3 Å². The SMILES string of the molecule is Nc1cc(OCc2ccccc2-n2cccn2)c2n[nH]nc2n1. The van der Waals surface area contributed by atoms with Crippen molar-refractivity contribution in [3.05, 3.63) is 54.4 Å². The summed E-state index contributed by atoms with van der Waals surface area (Å²) in [7, 11) is 0. The molecule has 0 unspecified atom stereocenters. The molecular weight excluding hydrogens is 294 g/mol. The van der Waals surface area contributed by atoms with Gasteiger partial charge in [-0.15, -0.1) is 5.10 Å². The molecule has 3 N–H and O–H groups in total. The van der Waals surface area contributed by atoms with E-state index in [-0.39, 0.29) is 0 Å². The van der Waals surface area contributed by atoms with E-state index >= 15 is 0 Å². The van der Waals surface area contributed by atoms with Gasteiger partial charge in [0.15, 0.2) is 11.3 Å². The lowest BCUT2D eigenvalue weighted by Gasteiger charge is -2.11. The zero-order valence-electron chi connectivity index (χ0n) is 12.0. The number of hydrogen-bond acceptors (Lipinski definition) is 6. The summed E-state index contributed by atoms with van der Waals surface area (Å²) in [4.78, 5) is 4.09. The third-order valence-electron chi connectivity index (χ3n) is 3.40. The molecule has 0 saturated carbocycles. The van der Waals surface area contributed by atoms with E-state index in [2.05, 4.69) is 25.5 Å². The van der Waals surface area contributed by atoms with Crippen LogP contribution in [0.2, 0.25) is 0 Å². The van der Waals surface area contributed by atoms with Crippen molar-refractivity contribution >= 4 is 17.0 Å². The maximum Gasteiger partial charge on any atom is 0.207 e. The van der Waals surface area contributed by atoms with E-state index in [4.69, 9.17) is 10.5 Å². The maximum atomic E-state index is 5.90. The molecule has 0 radical (unpaired) electrons. The molecule has 4 rings (SSSR count). The number of ether oxygens (including phenoxy) is 1. The molecule has 1 aromatic carbocycles. The van der Waals surface area contributed by atoms with E-state index in [1.165, 1.54) is 0 Å². The van der Waals surface area contributed by atoms with Gasteiger partial charge in [-0.05, 0) is 12.1 Å². The van der Waals surface area contributed by atoms with Crippen molar-refractivity contribution in [3.8, 4) is 11.4 Å². The van der Waals surface area contributed by atoms with E-state index in [9.17, 15) is 0 Å². The fourth-order valence-electron chi connectivity index (χ4n) is 2.36. The van der Waals surface area contributed by atoms with Crippen molar-refractivity contribution < 1.29 is 4.74 Å². The highest BCUT2D eigenvalue weighted by molar-refractivity contribution is 5.78. The van der Waals surface area contributed by atoms with Crippen molar-refractivity contribution in [1.29, 1.82) is 0 Å². The van der Waals surface area contributed by atoms with Crippen molar-refractivity contribution in [2.45, 2.75) is 6.61 Å². The lowest BCUT2D eigenvalue weighted by Crippen LogP contribution is -2.04. The van der Waals surface area contributed by atoms with Gasteiger partial charge in [0.1, 0.15) is 12.4 Å². The van der Waals surface area contributed by atoms with Gasteiger partial charge < -0.3 is 10.5 Å². The largest absolute Gasteiger partial charge is 0.486 e. The topological polar surface area (TPSA) is 108 Å². The summed E-state index contributed by atoms with van der Waals surface area (Å²) in [6.07, 6.45) is 3.62. The van der Waals surface area contributed by atoms with Gasteiger partial charge >= 0.3 is 0 Å². The van der Waals surface area contributed by atoms with Crippen LogP contribution in [0.25, 0.3) is 16.9 Å². The number of nitrogens with two attached hydrogens (primary N) is 1. The third-order valence-corrected chi connectivity index (χ3v) is 3.40. The van der Waals surface area contributed by atoms with E-state index in [1.54, 1.807) is 16.9 Å². The Hall–Kier alpha value is -3.42. The molecule has 0 atom stereocenters. The first-order chi connectivity index (χ1) is 11.3. The standard InChI is InChI=1S/C15H13N7O/c16-13-8-12(14-15(18-13)20-21-19-14)23-9-10-4-1-2-5-11(10)22-7-3-6-17-22/h1-8H,9H2,(H3,16,18,19,20,21). The van der Waals surface area contributed by atoms with Crippen LogP contribution < -0.4 is 10.5 Å². The Labute approximate surface area is 130 Å². The molecule has 0 fully saturated rings. The number of nitrogens with zero attached hydrogens (tertiary/aromatic N) is 5. The number of pyridine rings is 1. The highest BCUT2D eigenvalue weighted by atomic mass is 16.5. The lowest BCUT2D eigenvalue weighted by atomic mass is 10.2. The molecule has 8 heteroatoms. The number of rotatable bonds is 4. The number of aromatic amines is 1. The van der Waals surface area contributed by atoms with Gasteiger partial charge in [0.2, 0.25) is 5.65 Å². The number of aromatic nitrogens is 6. The average Bonchev–Trinajstić information content (AvgIpc) is 3.24. The van der Waals surface area contributed by atoms with E-state index in [0.29, 0.717) is 29.3 Å². The Morgan fingerprint density at radius 2 is 2.09 bits per heavy atom. The first-order valence-electron chi connectivity index (χ1n) is 6.99. The molecule has 0 saturated heterocycles. The summed E-state index contributed by atoms with van der Waals surface area (Å²) in [5.74, 6) is 0.873. The molecular formula is C15H13N7O. The van der Waals surface area contributed by atoms with Gasteiger partial charge in [0.05, 0.1) is 5.69 Å². The Bertz CT molecular complexity index is 946. The number of benzene rings is 1. The summed E-state index contributed by atoms with van der Waals surface area (Å²) in [5, 5.41) is 14.8. The molecule has 4 aromatic rings. The highest BCUT2D eigenvalue weighted by Gasteiger charge is 2.11. The van der Waals surface area contributed by atoms with Crippen molar-refractivity contribution in [2.75, 3.05) is 5.73 Å². The van der Waals surface area contributed by atoms with E-state index < -0.39 is 0 Å². The predicted octanol–water partition coefficient (Wildman–Crippen LogP) is 1.70. The minimum absolute atomic E-state index is 0.335. The predicted molar refractivity (Wildman–Crippen MR) is 84.0 cm³/mol. The van der Waals surface area contributed by atoms with Crippen LogP contribution in [0.1, 0.15) is 5.56 Å². The number of fused-ring (bicyclic) bond motifs is 1. The monoisotopic (exact) mass is 307 g/mol. The third kappa shape index (κ3) is 2.46. The highest BCUT2D eigenvalue weighted by Crippen LogP contribution is 2.25. The van der Waals surface area contributed by atoms with Crippen LogP contribution in [0.15, 0.2) is 48.8 Å². The molecule has 0 spiro atoms. The first-order valence-corrected chi connectivity index (χ1v) is 6.99. The van der Waals surface area contributed by atoms with Crippen LogP contribution >= 0.6 is 0 Å². The molecule has 114 valence electrons. The minimum atomic E-state index is 0.335. The van der Waals surface area contributed by atoms with E-state index in [1.807, 2.05) is 36.5 Å². The number of nitrogens with one attached hydrogen (secondary N) is 1. The maximum absolute atomic E-state index is 5.90.